The quantitative estimate of drug-likeness (QED) is 0.435. The predicted molar refractivity (Wildman–Crippen MR) is 49.6 cm³/mol. The monoisotopic (exact) mass is 480 g/mol. The van der Waals surface area contributed by atoms with E-state index in [0.29, 0.717) is 0 Å². The molecule has 0 N–H and O–H groups in total. The molecule has 0 radical (unpaired) electrons. The summed E-state index contributed by atoms with van der Waals surface area (Å²) in [6.45, 7) is 0. The van der Waals surface area contributed by atoms with Gasteiger partial charge in [0.2, 0.25) is 0 Å². The molecule has 28 heavy (non-hydrogen) atoms. The summed E-state index contributed by atoms with van der Waals surface area (Å²) in [6, 6.07) is 0. The summed E-state index contributed by atoms with van der Waals surface area (Å²) in [5.74, 6) is -42.1. The highest BCUT2D eigenvalue weighted by Crippen LogP contribution is 2.67. The zero-order valence-electron chi connectivity index (χ0n) is 11.7. The van der Waals surface area contributed by atoms with Gasteiger partial charge >= 0.3 is 57.0 Å². The molecule has 0 unspecified atom stereocenters. The number of hydrogen-bond donors (Lipinski definition) is 0. The predicted octanol–water partition coefficient (Wildman–Crippen LogP) is 4.34. The number of rotatable bonds is 5. The highest BCUT2D eigenvalue weighted by molar-refractivity contribution is 7.89. The van der Waals surface area contributed by atoms with Crippen LogP contribution in [0.15, 0.2) is 0 Å². The molecule has 1 aliphatic rings. The Morgan fingerprint density at radius 2 is 0.893 bits per heavy atom. The minimum Gasteiger partial charge on any atom is -0.206 e. The van der Waals surface area contributed by atoms with Crippen molar-refractivity contribution >= 4 is 10.1 Å². The van der Waals surface area contributed by atoms with E-state index in [2.05, 4.69) is 4.18 Å². The van der Waals surface area contributed by atoms with E-state index in [0.717, 1.165) is 0 Å². The summed E-state index contributed by atoms with van der Waals surface area (Å²) in [4.78, 5) is 0. The van der Waals surface area contributed by atoms with Crippen LogP contribution in [0.2, 0.25) is 0 Å². The molecule has 1 rings (SSSR count). The second kappa shape index (κ2) is 5.48. The van der Waals surface area contributed by atoms with Crippen molar-refractivity contribution in [2.24, 2.45) is 0 Å². The lowest BCUT2D eigenvalue weighted by Crippen LogP contribution is -2.81. The number of hydrogen-bond acceptors (Lipinski definition) is 3. The number of halogens is 16. The summed E-state index contributed by atoms with van der Waals surface area (Å²) in [6.07, 6.45) is -14.4. The van der Waals surface area contributed by atoms with Crippen molar-refractivity contribution in [3.63, 3.8) is 0 Å². The van der Waals surface area contributed by atoms with E-state index in [9.17, 15) is 78.7 Å². The highest BCUT2D eigenvalue weighted by atomic mass is 32.2. The van der Waals surface area contributed by atoms with Crippen molar-refractivity contribution < 1.29 is 82.8 Å². The van der Waals surface area contributed by atoms with E-state index in [1.165, 1.54) is 0 Å². The molecule has 0 saturated carbocycles. The Bertz CT molecular complexity index is 750. The minimum atomic E-state index is -8.64. The fourth-order valence-corrected chi connectivity index (χ4v) is 2.83. The van der Waals surface area contributed by atoms with Gasteiger partial charge in [-0.25, -0.2) is 4.39 Å². The molecule has 1 atom stereocenters. The molecule has 1 aliphatic heterocycles. The van der Waals surface area contributed by atoms with Gasteiger partial charge in [-0.2, -0.15) is 78.5 Å². The maximum Gasteiger partial charge on any atom is 0.460 e. The zero-order chi connectivity index (χ0) is 23.2. The molecule has 0 spiro atoms. The third-order valence-corrected chi connectivity index (χ3v) is 4.88. The Morgan fingerprint density at radius 1 is 0.571 bits per heavy atom. The van der Waals surface area contributed by atoms with Crippen LogP contribution in [0.5, 0.6) is 0 Å². The molecule has 1 fully saturated rings. The molecule has 20 heteroatoms. The van der Waals surface area contributed by atoms with Gasteiger partial charge in [0.25, 0.3) is 0 Å². The van der Waals surface area contributed by atoms with Gasteiger partial charge in [0.15, 0.2) is 0 Å². The molecule has 168 valence electrons. The van der Waals surface area contributed by atoms with Crippen LogP contribution in [-0.4, -0.2) is 55.3 Å². The molecule has 0 aliphatic carbocycles. The van der Waals surface area contributed by atoms with E-state index < -0.39 is 57.0 Å². The Balaban J connectivity index is 3.73. The van der Waals surface area contributed by atoms with Gasteiger partial charge in [-0.3, -0.25) is 0 Å². The smallest absolute Gasteiger partial charge is 0.206 e. The fraction of sp³-hybridized carbons (Fsp3) is 1.00. The first-order valence-corrected chi connectivity index (χ1v) is 7.09. The Labute approximate surface area is 141 Å². The third kappa shape index (κ3) is 2.38. The van der Waals surface area contributed by atoms with Crippen LogP contribution in [0.4, 0.5) is 70.2 Å². The standard InChI is InChI=1S/C8F16O3S/c9-1(10,3(13,14)5(17,18)7(20,21)22)2(11,12)4(15,16)6(19)8(23,24)27-28(6,25)26/t6-/m1/s1. The van der Waals surface area contributed by atoms with Crippen molar-refractivity contribution in [1.82, 2.24) is 0 Å². The topological polar surface area (TPSA) is 43.4 Å². The van der Waals surface area contributed by atoms with Gasteiger partial charge < -0.3 is 0 Å². The second-order valence-electron chi connectivity index (χ2n) is 5.02. The second-order valence-corrected chi connectivity index (χ2v) is 6.66. The molecule has 0 amide bonds. The van der Waals surface area contributed by atoms with Gasteiger partial charge in [-0.05, 0) is 0 Å². The Morgan fingerprint density at radius 3 is 1.14 bits per heavy atom. The van der Waals surface area contributed by atoms with E-state index in [4.69, 9.17) is 0 Å². The average molecular weight is 480 g/mol. The SMILES string of the molecule is O=S1(=O)OC(F)(F)[C@@]1(F)C(F)(F)C(F)(F)C(F)(F)C(F)(F)C(F)(F)C(F)(F)F. The van der Waals surface area contributed by atoms with Crippen molar-refractivity contribution in [3.8, 4) is 0 Å². The zero-order valence-corrected chi connectivity index (χ0v) is 12.5. The van der Waals surface area contributed by atoms with Crippen LogP contribution in [0.1, 0.15) is 0 Å². The van der Waals surface area contributed by atoms with Crippen LogP contribution in [-0.2, 0) is 14.3 Å². The van der Waals surface area contributed by atoms with E-state index in [1.807, 2.05) is 0 Å². The first kappa shape index (κ1) is 24.8. The van der Waals surface area contributed by atoms with Gasteiger partial charge in [-0.1, -0.05) is 0 Å². The van der Waals surface area contributed by atoms with E-state index >= 15 is 0 Å². The van der Waals surface area contributed by atoms with Crippen LogP contribution < -0.4 is 0 Å². The molecule has 0 aromatic rings. The van der Waals surface area contributed by atoms with Crippen LogP contribution in [0, 0.1) is 0 Å². The summed E-state index contributed by atoms with van der Waals surface area (Å²) >= 11 is 0. The molecule has 1 heterocycles. The first-order valence-electron chi connectivity index (χ1n) is 5.68. The van der Waals surface area contributed by atoms with Crippen molar-refractivity contribution in [2.45, 2.75) is 46.9 Å². The highest BCUT2D eigenvalue weighted by Gasteiger charge is 3.00. The average Bonchev–Trinajstić information content (AvgIpc) is 2.42. The third-order valence-electron chi connectivity index (χ3n) is 3.27. The molecule has 0 bridgehead atoms. The molecule has 0 aromatic carbocycles. The first-order chi connectivity index (χ1) is 11.7. The Hall–Kier alpha value is -1.21. The lowest BCUT2D eigenvalue weighted by Gasteiger charge is -2.47. The molecular weight excluding hydrogens is 480 g/mol. The van der Waals surface area contributed by atoms with Crippen LogP contribution in [0.3, 0.4) is 0 Å². The van der Waals surface area contributed by atoms with Gasteiger partial charge in [-0.15, -0.1) is 0 Å². The summed E-state index contributed by atoms with van der Waals surface area (Å²) in [7, 11) is -7.27. The normalized spacial score (nSPS) is 26.7. The fourth-order valence-electron chi connectivity index (χ4n) is 1.67. The lowest BCUT2D eigenvalue weighted by molar-refractivity contribution is -0.456. The van der Waals surface area contributed by atoms with Gasteiger partial charge in [0.1, 0.15) is 0 Å². The minimum absolute atomic E-state index is 2.12. The van der Waals surface area contributed by atoms with E-state index in [-0.39, 0.29) is 0 Å². The number of alkyl halides is 16. The summed E-state index contributed by atoms with van der Waals surface area (Å²) < 4.78 is 227. The van der Waals surface area contributed by atoms with E-state index in [1.54, 1.807) is 0 Å². The van der Waals surface area contributed by atoms with Crippen molar-refractivity contribution in [2.75, 3.05) is 0 Å². The van der Waals surface area contributed by atoms with Crippen molar-refractivity contribution in [1.29, 1.82) is 0 Å². The van der Waals surface area contributed by atoms with Crippen LogP contribution in [0.25, 0.3) is 0 Å². The van der Waals surface area contributed by atoms with Gasteiger partial charge in [0.05, 0.1) is 0 Å². The maximum atomic E-state index is 13.5. The summed E-state index contributed by atoms with van der Waals surface area (Å²) in [5.41, 5.74) is 0. The molecule has 0 aromatic heterocycles. The molecule has 1 saturated heterocycles. The van der Waals surface area contributed by atoms with Gasteiger partial charge in [0, 0.05) is 0 Å². The maximum absolute atomic E-state index is 13.5. The van der Waals surface area contributed by atoms with Crippen molar-refractivity contribution in [3.05, 3.63) is 0 Å². The molecular formula is C8F16O3S. The van der Waals surface area contributed by atoms with Crippen LogP contribution >= 0.6 is 0 Å². The largest absolute Gasteiger partial charge is 0.460 e. The lowest BCUT2D eigenvalue weighted by atomic mass is 9.91. The molecule has 3 nitrogen and oxygen atoms in total. The Kier molecular flexibility index (Phi) is 4.86. The summed E-state index contributed by atoms with van der Waals surface area (Å²) in [5, 5.41) is -7.23.